The molecule has 1 aromatic heterocycles. The van der Waals surface area contributed by atoms with Crippen molar-refractivity contribution in [3.8, 4) is 11.1 Å². The second-order valence-corrected chi connectivity index (χ2v) is 6.81. The first kappa shape index (κ1) is 15.7. The monoisotopic (exact) mass is 332 g/mol. The van der Waals surface area contributed by atoms with Crippen LogP contribution in [-0.4, -0.2) is 35.8 Å². The van der Waals surface area contributed by atoms with Gasteiger partial charge in [-0.25, -0.2) is 4.39 Å². The summed E-state index contributed by atoms with van der Waals surface area (Å²) in [6.45, 7) is 4.65. The van der Waals surface area contributed by atoms with Gasteiger partial charge in [-0.05, 0) is 43.2 Å². The lowest BCUT2D eigenvalue weighted by Crippen LogP contribution is -2.55. The normalized spacial score (nSPS) is 18.0. The second-order valence-electron chi connectivity index (χ2n) is 5.55. The molecule has 2 aromatic rings. The van der Waals surface area contributed by atoms with Gasteiger partial charge < -0.3 is 10.2 Å². The van der Waals surface area contributed by atoms with Crippen molar-refractivity contribution >= 4 is 23.2 Å². The average molecular weight is 332 g/mol. The van der Waals surface area contributed by atoms with Gasteiger partial charge in [0.25, 0.3) is 5.91 Å². The van der Waals surface area contributed by atoms with Crippen molar-refractivity contribution in [1.29, 1.82) is 0 Å². The first-order valence-electron chi connectivity index (χ1n) is 7.42. The summed E-state index contributed by atoms with van der Waals surface area (Å²) in [4.78, 5) is 27.6. The van der Waals surface area contributed by atoms with Gasteiger partial charge in [0.05, 0.1) is 4.88 Å². The van der Waals surface area contributed by atoms with Crippen LogP contribution in [0.15, 0.2) is 30.3 Å². The molecule has 0 aliphatic carbocycles. The highest BCUT2D eigenvalue weighted by Gasteiger charge is 2.30. The van der Waals surface area contributed by atoms with Crippen LogP contribution >= 0.6 is 11.3 Å². The fourth-order valence-corrected chi connectivity index (χ4v) is 3.70. The lowest BCUT2D eigenvalue weighted by atomic mass is 10.1. The average Bonchev–Trinajstić information content (AvgIpc) is 2.92. The summed E-state index contributed by atoms with van der Waals surface area (Å²) in [5.41, 5.74) is 1.80. The van der Waals surface area contributed by atoms with Gasteiger partial charge in [-0.2, -0.15) is 0 Å². The number of amides is 2. The topological polar surface area (TPSA) is 49.4 Å². The van der Waals surface area contributed by atoms with Gasteiger partial charge in [0, 0.05) is 18.0 Å². The number of hydrogen-bond acceptors (Lipinski definition) is 3. The van der Waals surface area contributed by atoms with E-state index in [4.69, 9.17) is 0 Å². The van der Waals surface area contributed by atoms with E-state index < -0.39 is 6.04 Å². The fourth-order valence-electron chi connectivity index (χ4n) is 2.70. The summed E-state index contributed by atoms with van der Waals surface area (Å²) >= 11 is 1.40. The molecule has 1 aliphatic rings. The fraction of sp³-hybridized carbons (Fsp3) is 0.294. The molecule has 3 rings (SSSR count). The van der Waals surface area contributed by atoms with Crippen LogP contribution in [0, 0.1) is 12.7 Å². The highest BCUT2D eigenvalue weighted by molar-refractivity contribution is 7.14. The van der Waals surface area contributed by atoms with Gasteiger partial charge >= 0.3 is 0 Å². The van der Waals surface area contributed by atoms with Gasteiger partial charge in [0.2, 0.25) is 5.91 Å². The quantitative estimate of drug-likeness (QED) is 0.919. The number of carbonyl (C=O) groups excluding carboxylic acids is 2. The van der Waals surface area contributed by atoms with Gasteiger partial charge in [-0.3, -0.25) is 9.59 Å². The Morgan fingerprint density at radius 3 is 2.74 bits per heavy atom. The number of halogens is 1. The number of rotatable bonds is 2. The molecule has 1 aliphatic heterocycles. The highest BCUT2D eigenvalue weighted by atomic mass is 32.1. The van der Waals surface area contributed by atoms with E-state index in [1.165, 1.54) is 23.5 Å². The summed E-state index contributed by atoms with van der Waals surface area (Å²) in [5.74, 6) is -0.545. The minimum atomic E-state index is -0.465. The Labute approximate surface area is 137 Å². The lowest BCUT2D eigenvalue weighted by molar-refractivity contribution is -0.127. The molecule has 1 fully saturated rings. The van der Waals surface area contributed by atoms with Crippen LogP contribution in [0.4, 0.5) is 4.39 Å². The number of piperazine rings is 1. The Bertz CT molecular complexity index is 754. The van der Waals surface area contributed by atoms with Crippen LogP contribution in [0.3, 0.4) is 0 Å². The molecule has 2 amide bonds. The van der Waals surface area contributed by atoms with E-state index in [1.54, 1.807) is 24.0 Å². The molecule has 0 bridgehead atoms. The van der Waals surface area contributed by atoms with Crippen molar-refractivity contribution in [2.45, 2.75) is 19.9 Å². The number of aryl methyl sites for hydroxylation is 1. The van der Waals surface area contributed by atoms with Gasteiger partial charge in [-0.15, -0.1) is 11.3 Å². The zero-order valence-corrected chi connectivity index (χ0v) is 13.7. The summed E-state index contributed by atoms with van der Waals surface area (Å²) in [5, 5.41) is 2.75. The van der Waals surface area contributed by atoms with Crippen molar-refractivity contribution in [3.63, 3.8) is 0 Å². The Balaban J connectivity index is 1.89. The molecule has 0 saturated carbocycles. The van der Waals surface area contributed by atoms with E-state index in [0.717, 1.165) is 16.0 Å². The second kappa shape index (κ2) is 6.12. The summed E-state index contributed by atoms with van der Waals surface area (Å²) in [7, 11) is 0. The number of benzene rings is 1. The van der Waals surface area contributed by atoms with E-state index >= 15 is 0 Å². The largest absolute Gasteiger partial charge is 0.353 e. The molecule has 0 radical (unpaired) electrons. The summed E-state index contributed by atoms with van der Waals surface area (Å²) in [6, 6.07) is 7.59. The molecule has 23 heavy (non-hydrogen) atoms. The lowest BCUT2D eigenvalue weighted by Gasteiger charge is -2.32. The predicted molar refractivity (Wildman–Crippen MR) is 88.0 cm³/mol. The first-order chi connectivity index (χ1) is 11.0. The van der Waals surface area contributed by atoms with Crippen molar-refractivity contribution in [1.82, 2.24) is 10.2 Å². The standard InChI is InChI=1S/C17H17FN2O2S/c1-10-16(21)19-7-8-20(10)17(22)15-9-14(11(2)23-15)12-3-5-13(18)6-4-12/h3-6,9-10H,7-8H2,1-2H3,(H,19,21)/t10-/m1/s1. The molecular weight excluding hydrogens is 315 g/mol. The van der Waals surface area contributed by atoms with Gasteiger partial charge in [0.1, 0.15) is 11.9 Å². The van der Waals surface area contributed by atoms with Crippen molar-refractivity contribution in [3.05, 3.63) is 45.9 Å². The Morgan fingerprint density at radius 1 is 1.35 bits per heavy atom. The van der Waals surface area contributed by atoms with Gasteiger partial charge in [-0.1, -0.05) is 12.1 Å². The number of carbonyl (C=O) groups is 2. The zero-order valence-electron chi connectivity index (χ0n) is 12.9. The molecule has 4 nitrogen and oxygen atoms in total. The molecule has 2 heterocycles. The van der Waals surface area contributed by atoms with Crippen LogP contribution in [0.5, 0.6) is 0 Å². The molecule has 0 unspecified atom stereocenters. The third-order valence-electron chi connectivity index (χ3n) is 4.04. The summed E-state index contributed by atoms with van der Waals surface area (Å²) in [6.07, 6.45) is 0. The van der Waals surface area contributed by atoms with Gasteiger partial charge in [0.15, 0.2) is 0 Å². The maximum atomic E-state index is 13.1. The van der Waals surface area contributed by atoms with Crippen LogP contribution in [0.2, 0.25) is 0 Å². The first-order valence-corrected chi connectivity index (χ1v) is 8.24. The third kappa shape index (κ3) is 2.99. The Morgan fingerprint density at radius 2 is 2.04 bits per heavy atom. The maximum absolute atomic E-state index is 13.1. The van der Waals surface area contributed by atoms with Crippen molar-refractivity contribution < 1.29 is 14.0 Å². The molecule has 6 heteroatoms. The van der Waals surface area contributed by atoms with E-state index in [0.29, 0.717) is 18.0 Å². The molecular formula is C17H17FN2O2S. The molecule has 1 N–H and O–H groups in total. The van der Waals surface area contributed by atoms with Crippen molar-refractivity contribution in [2.24, 2.45) is 0 Å². The minimum absolute atomic E-state index is 0.128. The zero-order chi connectivity index (χ0) is 16.6. The summed E-state index contributed by atoms with van der Waals surface area (Å²) < 4.78 is 13.1. The van der Waals surface area contributed by atoms with Crippen LogP contribution < -0.4 is 5.32 Å². The number of thiophene rings is 1. The Kier molecular flexibility index (Phi) is 4.17. The van der Waals surface area contributed by atoms with Crippen LogP contribution in [-0.2, 0) is 4.79 Å². The SMILES string of the molecule is Cc1sc(C(=O)N2CCNC(=O)[C@H]2C)cc1-c1ccc(F)cc1. The molecule has 0 spiro atoms. The van der Waals surface area contributed by atoms with Crippen LogP contribution in [0.25, 0.3) is 11.1 Å². The number of nitrogens with zero attached hydrogens (tertiary/aromatic N) is 1. The maximum Gasteiger partial charge on any atom is 0.264 e. The van der Waals surface area contributed by atoms with Crippen molar-refractivity contribution in [2.75, 3.05) is 13.1 Å². The number of hydrogen-bond donors (Lipinski definition) is 1. The molecule has 1 aromatic carbocycles. The smallest absolute Gasteiger partial charge is 0.264 e. The van der Waals surface area contributed by atoms with E-state index in [1.807, 2.05) is 13.0 Å². The number of nitrogens with one attached hydrogen (secondary N) is 1. The predicted octanol–water partition coefficient (Wildman–Crippen LogP) is 2.82. The molecule has 1 saturated heterocycles. The minimum Gasteiger partial charge on any atom is -0.353 e. The van der Waals surface area contributed by atoms with E-state index in [9.17, 15) is 14.0 Å². The van der Waals surface area contributed by atoms with E-state index in [2.05, 4.69) is 5.32 Å². The molecule has 120 valence electrons. The third-order valence-corrected chi connectivity index (χ3v) is 5.08. The molecule has 1 atom stereocenters. The Hall–Kier alpha value is -2.21. The van der Waals surface area contributed by atoms with Crippen LogP contribution in [0.1, 0.15) is 21.5 Å². The van der Waals surface area contributed by atoms with E-state index in [-0.39, 0.29) is 17.6 Å². The highest BCUT2D eigenvalue weighted by Crippen LogP contribution is 2.32.